The number of rotatable bonds is 3. The zero-order valence-electron chi connectivity index (χ0n) is 16.6. The molecule has 9 heteroatoms. The van der Waals surface area contributed by atoms with Gasteiger partial charge in [0.05, 0.1) is 34.8 Å². The van der Waals surface area contributed by atoms with Crippen molar-refractivity contribution in [2.24, 2.45) is 5.73 Å². The maximum Gasteiger partial charge on any atom is 0.337 e. The number of fused-ring (bicyclic) bond motifs is 1. The van der Waals surface area contributed by atoms with Crippen LogP contribution in [0.1, 0.15) is 17.0 Å². The topological polar surface area (TPSA) is 98.1 Å². The standard InChI is InChI=1S/C23H15Br2N3O3S/c1-31-23(30)19-18(13-7-3-5-9-16(13)25)14(11-26)20(27)28-21(29)17(32-22(19)28)10-12-6-2-4-8-15(12)24/h2-10,18H,27H2,1H3/b17-10-/t18-/m0/s1. The minimum atomic E-state index is -0.780. The van der Waals surface area contributed by atoms with Gasteiger partial charge >= 0.3 is 5.97 Å². The third-order valence-electron chi connectivity index (χ3n) is 5.08. The summed E-state index contributed by atoms with van der Waals surface area (Å²) in [5, 5.41) is 9.96. The molecule has 0 unspecified atom stereocenters. The number of hydrogen-bond donors (Lipinski definition) is 1. The lowest BCUT2D eigenvalue weighted by Crippen LogP contribution is -2.40. The number of carbonyl (C=O) groups is 1. The Morgan fingerprint density at radius 2 is 1.84 bits per heavy atom. The van der Waals surface area contributed by atoms with Crippen molar-refractivity contribution in [3.8, 4) is 6.07 Å². The second-order valence-electron chi connectivity index (χ2n) is 6.85. The minimum Gasteiger partial charge on any atom is -0.466 e. The van der Waals surface area contributed by atoms with Crippen molar-refractivity contribution in [3.63, 3.8) is 0 Å². The molecule has 0 saturated carbocycles. The lowest BCUT2D eigenvalue weighted by Gasteiger charge is -2.25. The lowest BCUT2D eigenvalue weighted by atomic mass is 9.84. The van der Waals surface area contributed by atoms with Crippen LogP contribution < -0.4 is 20.5 Å². The maximum atomic E-state index is 13.3. The second kappa shape index (κ2) is 8.90. The van der Waals surface area contributed by atoms with Crippen LogP contribution in [0.15, 0.2) is 67.8 Å². The number of thiazole rings is 1. The Morgan fingerprint density at radius 3 is 2.47 bits per heavy atom. The van der Waals surface area contributed by atoms with Gasteiger partial charge in [-0.25, -0.2) is 4.79 Å². The molecular formula is C23H15Br2N3O3S. The molecular weight excluding hydrogens is 558 g/mol. The van der Waals surface area contributed by atoms with Gasteiger partial charge in [-0.15, -0.1) is 11.3 Å². The van der Waals surface area contributed by atoms with Gasteiger partial charge in [0.25, 0.3) is 5.56 Å². The van der Waals surface area contributed by atoms with Crippen LogP contribution in [0.3, 0.4) is 0 Å². The molecule has 1 atom stereocenters. The molecule has 0 aliphatic carbocycles. The Labute approximate surface area is 203 Å². The summed E-state index contributed by atoms with van der Waals surface area (Å²) in [4.78, 5) is 26.2. The fourth-order valence-corrected chi connectivity index (χ4v) is 5.68. The van der Waals surface area contributed by atoms with Gasteiger partial charge in [0.15, 0.2) is 0 Å². The largest absolute Gasteiger partial charge is 0.466 e. The van der Waals surface area contributed by atoms with Crippen molar-refractivity contribution >= 4 is 66.6 Å². The number of hydrogen-bond acceptors (Lipinski definition) is 6. The van der Waals surface area contributed by atoms with E-state index >= 15 is 0 Å². The number of halogens is 2. The fourth-order valence-electron chi connectivity index (χ4n) is 3.61. The average Bonchev–Trinajstić information content (AvgIpc) is 3.11. The third kappa shape index (κ3) is 3.64. The van der Waals surface area contributed by atoms with E-state index in [-0.39, 0.29) is 17.0 Å². The molecule has 0 amide bonds. The summed E-state index contributed by atoms with van der Waals surface area (Å²) < 4.78 is 8.54. The normalized spacial score (nSPS) is 16.0. The highest BCUT2D eigenvalue weighted by molar-refractivity contribution is 9.10. The van der Waals surface area contributed by atoms with Gasteiger partial charge in [0.1, 0.15) is 10.5 Å². The Bertz CT molecular complexity index is 1510. The molecule has 0 fully saturated rings. The van der Waals surface area contributed by atoms with E-state index in [4.69, 9.17) is 10.5 Å². The summed E-state index contributed by atoms with van der Waals surface area (Å²) in [7, 11) is 1.27. The molecule has 2 N–H and O–H groups in total. The predicted octanol–water partition coefficient (Wildman–Crippen LogP) is 3.04. The first-order valence-electron chi connectivity index (χ1n) is 9.34. The van der Waals surface area contributed by atoms with Crippen molar-refractivity contribution in [1.29, 1.82) is 5.26 Å². The van der Waals surface area contributed by atoms with E-state index in [1.165, 1.54) is 11.7 Å². The molecule has 2 aromatic carbocycles. The molecule has 0 bridgehead atoms. The third-order valence-corrected chi connectivity index (χ3v) is 7.63. The van der Waals surface area contributed by atoms with Crippen LogP contribution in [0.25, 0.3) is 17.5 Å². The molecule has 3 aromatic rings. The second-order valence-corrected chi connectivity index (χ2v) is 9.59. The summed E-state index contributed by atoms with van der Waals surface area (Å²) in [6.07, 6.45) is 1.73. The Balaban J connectivity index is 2.15. The van der Waals surface area contributed by atoms with Gasteiger partial charge in [-0.2, -0.15) is 5.26 Å². The molecule has 6 nitrogen and oxygen atoms in total. The highest BCUT2D eigenvalue weighted by Crippen LogP contribution is 2.39. The quantitative estimate of drug-likeness (QED) is 0.486. The van der Waals surface area contributed by atoms with E-state index in [2.05, 4.69) is 37.9 Å². The van der Waals surface area contributed by atoms with E-state index in [0.29, 0.717) is 19.2 Å². The molecule has 1 aliphatic heterocycles. The number of nitriles is 1. The smallest absolute Gasteiger partial charge is 0.337 e. The number of nitrogens with zero attached hydrogens (tertiary/aromatic N) is 2. The van der Waals surface area contributed by atoms with Crippen molar-refractivity contribution in [2.45, 2.75) is 5.92 Å². The van der Waals surface area contributed by atoms with E-state index < -0.39 is 17.4 Å². The average molecular weight is 573 g/mol. The first-order chi connectivity index (χ1) is 15.4. The lowest BCUT2D eigenvalue weighted by molar-refractivity contribution is -0.134. The van der Waals surface area contributed by atoms with Crippen molar-refractivity contribution < 1.29 is 9.53 Å². The van der Waals surface area contributed by atoms with E-state index in [0.717, 1.165) is 21.4 Å². The van der Waals surface area contributed by atoms with Crippen LogP contribution in [0.4, 0.5) is 0 Å². The Kier molecular flexibility index (Phi) is 6.20. The van der Waals surface area contributed by atoms with Crippen LogP contribution >= 0.6 is 43.2 Å². The van der Waals surface area contributed by atoms with Gasteiger partial charge in [0, 0.05) is 8.95 Å². The van der Waals surface area contributed by atoms with E-state index in [1.807, 2.05) is 42.5 Å². The molecule has 1 aliphatic rings. The molecule has 1 aromatic heterocycles. The van der Waals surface area contributed by atoms with Crippen LogP contribution in [0.2, 0.25) is 0 Å². The van der Waals surface area contributed by atoms with Crippen molar-refractivity contribution in [1.82, 2.24) is 4.57 Å². The number of benzene rings is 2. The SMILES string of the molecule is COC(=O)C1=c2s/c(=C\c3ccccc3Br)c(=O)n2C(N)=C(C#N)[C@@H]1c1ccccc1Br. The highest BCUT2D eigenvalue weighted by atomic mass is 79.9. The van der Waals surface area contributed by atoms with Crippen molar-refractivity contribution in [3.05, 3.63) is 93.7 Å². The summed E-state index contributed by atoms with van der Waals surface area (Å²) in [6.45, 7) is 0. The first-order valence-corrected chi connectivity index (χ1v) is 11.7. The molecule has 32 heavy (non-hydrogen) atoms. The number of ether oxygens (including phenoxy) is 1. The molecule has 0 saturated heterocycles. The number of nitrogens with two attached hydrogens (primary N) is 1. The summed E-state index contributed by atoms with van der Waals surface area (Å²) in [5.41, 5.74) is 7.72. The number of carbonyl (C=O) groups excluding carboxylic acids is 1. The molecule has 0 spiro atoms. The Morgan fingerprint density at radius 1 is 1.19 bits per heavy atom. The van der Waals surface area contributed by atoms with Crippen molar-refractivity contribution in [2.75, 3.05) is 7.11 Å². The number of esters is 1. The summed E-state index contributed by atoms with van der Waals surface area (Å²) in [5.74, 6) is -1.41. The van der Waals surface area contributed by atoms with E-state index in [9.17, 15) is 14.9 Å². The zero-order chi connectivity index (χ0) is 23.0. The number of methoxy groups -OCH3 is 1. The summed E-state index contributed by atoms with van der Waals surface area (Å²) >= 11 is 8.12. The van der Waals surface area contributed by atoms with Gasteiger partial charge < -0.3 is 10.5 Å². The predicted molar refractivity (Wildman–Crippen MR) is 131 cm³/mol. The number of aromatic nitrogens is 1. The van der Waals surface area contributed by atoms with Gasteiger partial charge in [-0.3, -0.25) is 9.36 Å². The first kappa shape index (κ1) is 22.3. The minimum absolute atomic E-state index is 0.00364. The highest BCUT2D eigenvalue weighted by Gasteiger charge is 2.36. The van der Waals surface area contributed by atoms with Crippen LogP contribution in [0, 0.1) is 11.3 Å². The monoisotopic (exact) mass is 571 g/mol. The number of allylic oxidation sites excluding steroid dienone is 1. The summed E-state index contributed by atoms with van der Waals surface area (Å²) in [6, 6.07) is 16.8. The Hall–Kier alpha value is -2.93. The molecule has 2 heterocycles. The zero-order valence-corrected chi connectivity index (χ0v) is 20.6. The fraction of sp³-hybridized carbons (Fsp3) is 0.0870. The molecule has 160 valence electrons. The van der Waals surface area contributed by atoms with Crippen LogP contribution in [-0.2, 0) is 9.53 Å². The van der Waals surface area contributed by atoms with Crippen LogP contribution in [-0.4, -0.2) is 17.6 Å². The van der Waals surface area contributed by atoms with Gasteiger partial charge in [0.2, 0.25) is 0 Å². The molecule has 4 rings (SSSR count). The van der Waals surface area contributed by atoms with Gasteiger partial charge in [-0.1, -0.05) is 68.3 Å². The maximum absolute atomic E-state index is 13.3. The van der Waals surface area contributed by atoms with Crippen LogP contribution in [0.5, 0.6) is 0 Å². The van der Waals surface area contributed by atoms with E-state index in [1.54, 1.807) is 12.1 Å². The van der Waals surface area contributed by atoms with Gasteiger partial charge in [-0.05, 0) is 29.3 Å². The molecule has 0 radical (unpaired) electrons.